The lowest BCUT2D eigenvalue weighted by molar-refractivity contribution is -0.139. The van der Waals surface area contributed by atoms with Gasteiger partial charge in [0, 0.05) is 5.92 Å². The van der Waals surface area contributed by atoms with Gasteiger partial charge in [-0.3, -0.25) is 9.18 Å². The van der Waals surface area contributed by atoms with Gasteiger partial charge in [0.05, 0.1) is 6.67 Å². The maximum Gasteiger partial charge on any atom is 0.320 e. The van der Waals surface area contributed by atoms with Gasteiger partial charge in [-0.2, -0.15) is 0 Å². The van der Waals surface area contributed by atoms with Crippen LogP contribution in [0.15, 0.2) is 0 Å². The molecule has 0 aliphatic rings. The highest BCUT2D eigenvalue weighted by atomic mass is 19.1. The fraction of sp³-hybridized carbons (Fsp3) is 0.800. The smallest absolute Gasteiger partial charge is 0.320 e. The Balaban J connectivity index is 3.72. The largest absolute Gasteiger partial charge is 0.480 e. The number of hydrogen-bond donors (Lipinski definition) is 2. The van der Waals surface area contributed by atoms with Crippen LogP contribution < -0.4 is 5.73 Å². The molecule has 0 fully saturated rings. The van der Waals surface area contributed by atoms with Gasteiger partial charge in [0.1, 0.15) is 6.04 Å². The molecule has 0 aromatic rings. The summed E-state index contributed by atoms with van der Waals surface area (Å²) in [5.41, 5.74) is 5.03. The summed E-state index contributed by atoms with van der Waals surface area (Å²) in [5.74, 6) is -1.75. The van der Waals surface area contributed by atoms with Gasteiger partial charge in [-0.15, -0.1) is 0 Å². The average molecular weight is 135 g/mol. The van der Waals surface area contributed by atoms with E-state index in [0.717, 1.165) is 0 Å². The first-order valence-electron chi connectivity index (χ1n) is 2.64. The van der Waals surface area contributed by atoms with Crippen molar-refractivity contribution in [3.8, 4) is 0 Å². The van der Waals surface area contributed by atoms with Gasteiger partial charge in [0.15, 0.2) is 0 Å². The van der Waals surface area contributed by atoms with Crippen molar-refractivity contribution in [1.82, 2.24) is 0 Å². The highest BCUT2D eigenvalue weighted by Gasteiger charge is 2.18. The van der Waals surface area contributed by atoms with Crippen LogP contribution in [0.5, 0.6) is 0 Å². The molecule has 0 aromatic carbocycles. The second-order valence-electron chi connectivity index (χ2n) is 2.00. The van der Waals surface area contributed by atoms with Crippen LogP contribution in [0.2, 0.25) is 0 Å². The molecule has 0 aliphatic heterocycles. The molecule has 0 spiro atoms. The van der Waals surface area contributed by atoms with E-state index in [-0.39, 0.29) is 0 Å². The van der Waals surface area contributed by atoms with E-state index in [4.69, 9.17) is 10.8 Å². The number of halogens is 1. The number of aliphatic carboxylic acids is 1. The van der Waals surface area contributed by atoms with E-state index in [9.17, 15) is 9.18 Å². The Hall–Kier alpha value is -0.640. The van der Waals surface area contributed by atoms with Crippen molar-refractivity contribution in [2.45, 2.75) is 13.0 Å². The zero-order valence-electron chi connectivity index (χ0n) is 5.17. The normalized spacial score (nSPS) is 16.8. The number of carbonyl (C=O) groups is 1. The minimum atomic E-state index is -1.15. The quantitative estimate of drug-likeness (QED) is 0.572. The Morgan fingerprint density at radius 2 is 2.33 bits per heavy atom. The lowest BCUT2D eigenvalue weighted by Crippen LogP contribution is -2.37. The third kappa shape index (κ3) is 2.41. The molecule has 0 bridgehead atoms. The third-order valence-corrected chi connectivity index (χ3v) is 1.14. The van der Waals surface area contributed by atoms with Crippen molar-refractivity contribution in [2.24, 2.45) is 11.7 Å². The Labute approximate surface area is 52.7 Å². The SMILES string of the molecule is C[C@H](CF)[C@H](N)C(=O)O. The van der Waals surface area contributed by atoms with Crippen LogP contribution in [-0.4, -0.2) is 23.8 Å². The highest BCUT2D eigenvalue weighted by Crippen LogP contribution is 2.00. The van der Waals surface area contributed by atoms with Gasteiger partial charge >= 0.3 is 5.97 Å². The summed E-state index contributed by atoms with van der Waals surface area (Å²) in [5, 5.41) is 8.19. The molecular weight excluding hydrogens is 125 g/mol. The van der Waals surface area contributed by atoms with Gasteiger partial charge in [0.2, 0.25) is 0 Å². The van der Waals surface area contributed by atoms with Crippen LogP contribution in [0.3, 0.4) is 0 Å². The summed E-state index contributed by atoms with van der Waals surface area (Å²) < 4.78 is 11.7. The van der Waals surface area contributed by atoms with E-state index < -0.39 is 24.6 Å². The van der Waals surface area contributed by atoms with Crippen molar-refractivity contribution in [3.05, 3.63) is 0 Å². The Morgan fingerprint density at radius 1 is 1.89 bits per heavy atom. The molecule has 4 heteroatoms. The molecule has 54 valence electrons. The van der Waals surface area contributed by atoms with Gasteiger partial charge in [-0.25, -0.2) is 0 Å². The highest BCUT2D eigenvalue weighted by molar-refractivity contribution is 5.73. The second-order valence-corrected chi connectivity index (χ2v) is 2.00. The van der Waals surface area contributed by atoms with Crippen molar-refractivity contribution >= 4 is 5.97 Å². The minimum Gasteiger partial charge on any atom is -0.480 e. The fourth-order valence-corrected chi connectivity index (χ4v) is 0.339. The van der Waals surface area contributed by atoms with Crippen LogP contribution >= 0.6 is 0 Å². The van der Waals surface area contributed by atoms with Crippen LogP contribution in [0.1, 0.15) is 6.92 Å². The lowest BCUT2D eigenvalue weighted by atomic mass is 10.1. The minimum absolute atomic E-state index is 0.595. The van der Waals surface area contributed by atoms with E-state index >= 15 is 0 Å². The molecule has 0 heterocycles. The topological polar surface area (TPSA) is 63.3 Å². The second kappa shape index (κ2) is 3.40. The van der Waals surface area contributed by atoms with Crippen LogP contribution in [0.4, 0.5) is 4.39 Å². The Kier molecular flexibility index (Phi) is 3.16. The molecule has 3 nitrogen and oxygen atoms in total. The van der Waals surface area contributed by atoms with Crippen molar-refractivity contribution in [1.29, 1.82) is 0 Å². The molecule has 3 N–H and O–H groups in total. The Morgan fingerprint density at radius 3 is 2.44 bits per heavy atom. The number of nitrogens with two attached hydrogens (primary N) is 1. The molecule has 0 rings (SSSR count). The molecular formula is C5H10FNO2. The van der Waals surface area contributed by atoms with E-state index in [0.29, 0.717) is 0 Å². The van der Waals surface area contributed by atoms with Crippen LogP contribution in [0, 0.1) is 5.92 Å². The molecule has 0 aliphatic carbocycles. The predicted molar refractivity (Wildman–Crippen MR) is 30.8 cm³/mol. The van der Waals surface area contributed by atoms with Gasteiger partial charge < -0.3 is 10.8 Å². The number of carboxylic acid groups (broad SMARTS) is 1. The molecule has 0 radical (unpaired) electrons. The standard InChI is InChI=1S/C5H10FNO2/c1-3(2-6)4(7)5(8)9/h3-4H,2,7H2,1H3,(H,8,9)/t3-,4+/m1/s1. The van der Waals surface area contributed by atoms with Crippen molar-refractivity contribution < 1.29 is 14.3 Å². The van der Waals surface area contributed by atoms with E-state index in [1.54, 1.807) is 0 Å². The van der Waals surface area contributed by atoms with E-state index in [2.05, 4.69) is 0 Å². The molecule has 0 aromatic heterocycles. The predicted octanol–water partition coefficient (Wildman–Crippen LogP) is 0.00390. The number of carboxylic acids is 1. The summed E-state index contributed by atoms with van der Waals surface area (Å²) >= 11 is 0. The molecule has 2 atom stereocenters. The first-order chi connectivity index (χ1) is 4.09. The third-order valence-electron chi connectivity index (χ3n) is 1.14. The number of rotatable bonds is 3. The van der Waals surface area contributed by atoms with Gasteiger partial charge in [0.25, 0.3) is 0 Å². The summed E-state index contributed by atoms with van der Waals surface area (Å²) in [4.78, 5) is 10.0. The molecule has 0 saturated heterocycles. The Bertz CT molecular complexity index is 107. The van der Waals surface area contributed by atoms with Gasteiger partial charge in [-0.1, -0.05) is 6.92 Å². The zero-order chi connectivity index (χ0) is 7.44. The first-order valence-corrected chi connectivity index (χ1v) is 2.64. The van der Waals surface area contributed by atoms with E-state index in [1.807, 2.05) is 0 Å². The van der Waals surface area contributed by atoms with Gasteiger partial charge in [-0.05, 0) is 0 Å². The first kappa shape index (κ1) is 8.36. The molecule has 0 amide bonds. The number of hydrogen-bond acceptors (Lipinski definition) is 2. The summed E-state index contributed by atoms with van der Waals surface area (Å²) in [7, 11) is 0. The fourth-order valence-electron chi connectivity index (χ4n) is 0.339. The summed E-state index contributed by atoms with van der Waals surface area (Å²) in [6, 6.07) is -1.07. The monoisotopic (exact) mass is 135 g/mol. The van der Waals surface area contributed by atoms with Crippen molar-refractivity contribution in [3.63, 3.8) is 0 Å². The lowest BCUT2D eigenvalue weighted by Gasteiger charge is -2.10. The molecule has 0 unspecified atom stereocenters. The van der Waals surface area contributed by atoms with Crippen LogP contribution in [0.25, 0.3) is 0 Å². The molecule has 9 heavy (non-hydrogen) atoms. The van der Waals surface area contributed by atoms with Crippen molar-refractivity contribution in [2.75, 3.05) is 6.67 Å². The maximum atomic E-state index is 11.7. The average Bonchev–Trinajstić information content (AvgIpc) is 1.84. The summed E-state index contributed by atoms with van der Waals surface area (Å²) in [6.45, 7) is 0.770. The zero-order valence-corrected chi connectivity index (χ0v) is 5.17. The van der Waals surface area contributed by atoms with Crippen LogP contribution in [-0.2, 0) is 4.79 Å². The maximum absolute atomic E-state index is 11.7. The molecule has 0 saturated carbocycles. The summed E-state index contributed by atoms with van der Waals surface area (Å²) in [6.07, 6.45) is 0. The van der Waals surface area contributed by atoms with E-state index in [1.165, 1.54) is 6.92 Å². The number of alkyl halides is 1.